The lowest BCUT2D eigenvalue weighted by atomic mass is 10.2. The van der Waals surface area contributed by atoms with Crippen molar-refractivity contribution in [2.45, 2.75) is 45.6 Å². The Morgan fingerprint density at radius 3 is 2.50 bits per heavy atom. The number of urea groups is 1. The molecule has 0 aliphatic heterocycles. The molecule has 1 aliphatic rings. The second-order valence-electron chi connectivity index (χ2n) is 7.15. The SMILES string of the molecule is COc1cc(C(=O)OCC(=O)NC(=O)NC2CCCC2)ccc1OCC(C)C. The average molecular weight is 392 g/mol. The van der Waals surface area contributed by atoms with Crippen LogP contribution in [0.5, 0.6) is 11.5 Å². The maximum atomic E-state index is 12.2. The van der Waals surface area contributed by atoms with Gasteiger partial charge in [0.2, 0.25) is 0 Å². The predicted molar refractivity (Wildman–Crippen MR) is 103 cm³/mol. The van der Waals surface area contributed by atoms with Gasteiger partial charge in [0.05, 0.1) is 19.3 Å². The number of carbonyl (C=O) groups is 3. The lowest BCUT2D eigenvalue weighted by Gasteiger charge is -2.14. The Balaban J connectivity index is 1.82. The number of methoxy groups -OCH3 is 1. The Labute approximate surface area is 164 Å². The maximum Gasteiger partial charge on any atom is 0.338 e. The molecule has 0 bridgehead atoms. The third-order valence-electron chi connectivity index (χ3n) is 4.25. The van der Waals surface area contributed by atoms with E-state index in [-0.39, 0.29) is 11.6 Å². The molecule has 0 radical (unpaired) electrons. The molecule has 0 aromatic heterocycles. The molecule has 1 aromatic rings. The van der Waals surface area contributed by atoms with Crippen molar-refractivity contribution in [2.75, 3.05) is 20.3 Å². The van der Waals surface area contributed by atoms with Crippen molar-refractivity contribution in [3.63, 3.8) is 0 Å². The summed E-state index contributed by atoms with van der Waals surface area (Å²) in [7, 11) is 1.48. The highest BCUT2D eigenvalue weighted by Crippen LogP contribution is 2.28. The summed E-state index contributed by atoms with van der Waals surface area (Å²) in [5.74, 6) is -0.115. The Hall–Kier alpha value is -2.77. The molecule has 3 amide bonds. The van der Waals surface area contributed by atoms with Gasteiger partial charge in [-0.1, -0.05) is 26.7 Å². The van der Waals surface area contributed by atoms with Crippen LogP contribution < -0.4 is 20.1 Å². The Morgan fingerprint density at radius 2 is 1.86 bits per heavy atom. The van der Waals surface area contributed by atoms with Gasteiger partial charge in [0.1, 0.15) is 0 Å². The molecule has 2 rings (SSSR count). The first-order valence-electron chi connectivity index (χ1n) is 9.47. The molecule has 0 unspecified atom stereocenters. The summed E-state index contributed by atoms with van der Waals surface area (Å²) < 4.78 is 15.9. The molecule has 28 heavy (non-hydrogen) atoms. The Morgan fingerprint density at radius 1 is 1.14 bits per heavy atom. The highest BCUT2D eigenvalue weighted by Gasteiger charge is 2.19. The largest absolute Gasteiger partial charge is 0.493 e. The topological polar surface area (TPSA) is 103 Å². The van der Waals surface area contributed by atoms with E-state index in [2.05, 4.69) is 10.6 Å². The number of amides is 3. The van der Waals surface area contributed by atoms with Crippen molar-refractivity contribution < 1.29 is 28.6 Å². The number of rotatable bonds is 8. The van der Waals surface area contributed by atoms with Crippen LogP contribution in [0.1, 0.15) is 49.9 Å². The number of imide groups is 1. The summed E-state index contributed by atoms with van der Waals surface area (Å²) >= 11 is 0. The molecular formula is C20H28N2O6. The van der Waals surface area contributed by atoms with E-state index < -0.39 is 24.5 Å². The summed E-state index contributed by atoms with van der Waals surface area (Å²) in [4.78, 5) is 35.7. The first-order valence-corrected chi connectivity index (χ1v) is 9.47. The van der Waals surface area contributed by atoms with Crippen molar-refractivity contribution in [3.8, 4) is 11.5 Å². The normalized spacial score (nSPS) is 13.9. The summed E-state index contributed by atoms with van der Waals surface area (Å²) in [5.41, 5.74) is 0.219. The fraction of sp³-hybridized carbons (Fsp3) is 0.550. The fourth-order valence-corrected chi connectivity index (χ4v) is 2.84. The van der Waals surface area contributed by atoms with E-state index in [4.69, 9.17) is 14.2 Å². The average Bonchev–Trinajstić information content (AvgIpc) is 3.16. The van der Waals surface area contributed by atoms with E-state index in [0.717, 1.165) is 25.7 Å². The minimum atomic E-state index is -0.694. The van der Waals surface area contributed by atoms with Gasteiger partial charge in [0, 0.05) is 6.04 Å². The van der Waals surface area contributed by atoms with Crippen LogP contribution in [0, 0.1) is 5.92 Å². The highest BCUT2D eigenvalue weighted by atomic mass is 16.5. The Kier molecular flexibility index (Phi) is 8.10. The molecule has 1 saturated carbocycles. The second kappa shape index (κ2) is 10.5. The standard InChI is InChI=1S/C20H28N2O6/c1-13(2)11-27-16-9-8-14(10-17(16)26-3)19(24)28-12-18(23)22-20(25)21-15-6-4-5-7-15/h8-10,13,15H,4-7,11-12H2,1-3H3,(H2,21,22,23,25). The van der Waals surface area contributed by atoms with E-state index in [1.165, 1.54) is 19.2 Å². The lowest BCUT2D eigenvalue weighted by Crippen LogP contribution is -2.44. The highest BCUT2D eigenvalue weighted by molar-refractivity contribution is 5.97. The molecule has 8 nitrogen and oxygen atoms in total. The van der Waals surface area contributed by atoms with E-state index in [9.17, 15) is 14.4 Å². The molecule has 0 heterocycles. The third kappa shape index (κ3) is 6.75. The van der Waals surface area contributed by atoms with Crippen molar-refractivity contribution in [1.82, 2.24) is 10.6 Å². The van der Waals surface area contributed by atoms with E-state index >= 15 is 0 Å². The van der Waals surface area contributed by atoms with Gasteiger partial charge >= 0.3 is 12.0 Å². The van der Waals surface area contributed by atoms with Crippen molar-refractivity contribution in [2.24, 2.45) is 5.92 Å². The molecule has 2 N–H and O–H groups in total. The summed E-state index contributed by atoms with van der Waals surface area (Å²) in [6.07, 6.45) is 3.97. The maximum absolute atomic E-state index is 12.2. The quantitative estimate of drug-likeness (QED) is 0.660. The molecule has 1 fully saturated rings. The zero-order valence-corrected chi connectivity index (χ0v) is 16.6. The van der Waals surface area contributed by atoms with Gasteiger partial charge in [-0.15, -0.1) is 0 Å². The zero-order chi connectivity index (χ0) is 20.5. The molecule has 0 saturated heterocycles. The van der Waals surface area contributed by atoms with Crippen LogP contribution in [0.2, 0.25) is 0 Å². The summed E-state index contributed by atoms with van der Waals surface area (Å²) in [5, 5.41) is 4.89. The van der Waals surface area contributed by atoms with Crippen LogP contribution >= 0.6 is 0 Å². The second-order valence-corrected chi connectivity index (χ2v) is 7.15. The monoisotopic (exact) mass is 392 g/mol. The van der Waals surface area contributed by atoms with E-state index in [1.54, 1.807) is 6.07 Å². The van der Waals surface area contributed by atoms with E-state index in [0.29, 0.717) is 24.0 Å². The summed E-state index contributed by atoms with van der Waals surface area (Å²) in [6.45, 7) is 4.02. The molecule has 154 valence electrons. The van der Waals surface area contributed by atoms with E-state index in [1.807, 2.05) is 13.8 Å². The molecule has 0 atom stereocenters. The van der Waals surface area contributed by atoms with Crippen LogP contribution in [0.25, 0.3) is 0 Å². The van der Waals surface area contributed by atoms with Gasteiger partial charge < -0.3 is 19.5 Å². The van der Waals surface area contributed by atoms with Crippen LogP contribution in [-0.2, 0) is 9.53 Å². The van der Waals surface area contributed by atoms with Gasteiger partial charge in [0.15, 0.2) is 18.1 Å². The lowest BCUT2D eigenvalue weighted by molar-refractivity contribution is -0.123. The van der Waals surface area contributed by atoms with Gasteiger partial charge in [-0.05, 0) is 37.0 Å². The van der Waals surface area contributed by atoms with Crippen molar-refractivity contribution in [3.05, 3.63) is 23.8 Å². The fourth-order valence-electron chi connectivity index (χ4n) is 2.84. The molecule has 0 spiro atoms. The minimum absolute atomic E-state index is 0.0965. The predicted octanol–water partition coefficient (Wildman–Crippen LogP) is 2.66. The van der Waals surface area contributed by atoms with Crippen molar-refractivity contribution >= 4 is 17.9 Å². The number of benzene rings is 1. The number of ether oxygens (including phenoxy) is 3. The first-order chi connectivity index (χ1) is 13.4. The van der Waals surface area contributed by atoms with Crippen molar-refractivity contribution in [1.29, 1.82) is 0 Å². The Bertz CT molecular complexity index is 698. The number of carbonyl (C=O) groups excluding carboxylic acids is 3. The van der Waals surface area contributed by atoms with Gasteiger partial charge in [0.25, 0.3) is 5.91 Å². The number of esters is 1. The van der Waals surface area contributed by atoms with Gasteiger partial charge in [-0.3, -0.25) is 10.1 Å². The number of hydrogen-bond acceptors (Lipinski definition) is 6. The number of nitrogens with one attached hydrogen (secondary N) is 2. The summed E-state index contributed by atoms with van der Waals surface area (Å²) in [6, 6.07) is 4.17. The van der Waals surface area contributed by atoms with Gasteiger partial charge in [-0.2, -0.15) is 0 Å². The van der Waals surface area contributed by atoms with Crippen LogP contribution in [0.15, 0.2) is 18.2 Å². The third-order valence-corrected chi connectivity index (χ3v) is 4.25. The molecule has 1 aliphatic carbocycles. The minimum Gasteiger partial charge on any atom is -0.493 e. The number of hydrogen-bond donors (Lipinski definition) is 2. The van der Waals surface area contributed by atoms with Crippen LogP contribution in [-0.4, -0.2) is 44.3 Å². The van der Waals surface area contributed by atoms with Gasteiger partial charge in [-0.25, -0.2) is 9.59 Å². The first kappa shape index (κ1) is 21.5. The smallest absolute Gasteiger partial charge is 0.338 e. The molecule has 1 aromatic carbocycles. The molecule has 8 heteroatoms. The van der Waals surface area contributed by atoms with Crippen LogP contribution in [0.4, 0.5) is 4.79 Å². The van der Waals surface area contributed by atoms with Crippen LogP contribution in [0.3, 0.4) is 0 Å². The zero-order valence-electron chi connectivity index (χ0n) is 16.6. The molecular weight excluding hydrogens is 364 g/mol.